The summed E-state index contributed by atoms with van der Waals surface area (Å²) in [5.41, 5.74) is 16.6. The number of aromatic nitrogens is 8. The highest BCUT2D eigenvalue weighted by molar-refractivity contribution is 6.31. The third kappa shape index (κ3) is 4.03. The molecule has 11 aromatic rings. The van der Waals surface area contributed by atoms with E-state index in [1.54, 1.807) is 0 Å². The van der Waals surface area contributed by atoms with Gasteiger partial charge >= 0.3 is 0 Å². The lowest BCUT2D eigenvalue weighted by atomic mass is 10.0. The summed E-state index contributed by atoms with van der Waals surface area (Å²) >= 11 is 0. The summed E-state index contributed by atoms with van der Waals surface area (Å²) in [5, 5.41) is 4.49. The van der Waals surface area contributed by atoms with E-state index in [0.717, 1.165) is 110 Å². The summed E-state index contributed by atoms with van der Waals surface area (Å²) in [6, 6.07) is 43.0. The summed E-state index contributed by atoms with van der Waals surface area (Å²) in [6.07, 6.45) is 0. The van der Waals surface area contributed by atoms with Crippen LogP contribution in [0.5, 0.6) is 0 Å². The van der Waals surface area contributed by atoms with Gasteiger partial charge in [-0.25, -0.2) is 0 Å². The Kier molecular flexibility index (Phi) is 4.96. The molecule has 0 fully saturated rings. The highest BCUT2D eigenvalue weighted by Gasteiger charge is 2.15. The molecule has 48 heavy (non-hydrogen) atoms. The summed E-state index contributed by atoms with van der Waals surface area (Å²) < 4.78 is 0. The number of hydrogen-bond acceptors (Lipinski definition) is 0. The lowest BCUT2D eigenvalue weighted by molar-refractivity contribution is 1.50. The van der Waals surface area contributed by atoms with Crippen molar-refractivity contribution in [1.29, 1.82) is 0 Å². The largest absolute Gasteiger partial charge is 0.355 e. The van der Waals surface area contributed by atoms with Gasteiger partial charge in [0.15, 0.2) is 0 Å². The van der Waals surface area contributed by atoms with Gasteiger partial charge in [-0.15, -0.1) is 0 Å². The monoisotopic (exact) mass is 620 g/mol. The molecule has 0 radical (unpaired) electrons. The quantitative estimate of drug-likeness (QED) is 0.0821. The molecule has 0 saturated heterocycles. The second kappa shape index (κ2) is 9.37. The molecule has 0 aliphatic heterocycles. The Morgan fingerprint density at radius 1 is 0.229 bits per heavy atom. The zero-order valence-corrected chi connectivity index (χ0v) is 25.5. The standard InChI is InChI=1S/C40H28N8/c1-3-25-15-29-9-11-35(45-29)37-33-20-32-18-28-8-6-24(44-28)14-22-2-4-26(42-22)16-30-10-12-36(46-30)38(40(33)48-32)34-19-31(47-39(34)37)17-27-7-5-23(43-27)13-21(1)41-25/h1-20,41-48H. The van der Waals surface area contributed by atoms with Crippen molar-refractivity contribution in [2.24, 2.45) is 0 Å². The first-order valence-corrected chi connectivity index (χ1v) is 16.1. The predicted octanol–water partition coefficient (Wildman–Crippen LogP) is 10.7. The third-order valence-corrected chi connectivity index (χ3v) is 9.46. The van der Waals surface area contributed by atoms with Crippen LogP contribution in [-0.2, 0) is 0 Å². The molecule has 11 rings (SSSR count). The van der Waals surface area contributed by atoms with E-state index in [2.05, 4.69) is 161 Å². The normalized spacial score (nSPS) is 12.2. The zero-order valence-electron chi connectivity index (χ0n) is 25.5. The minimum absolute atomic E-state index is 1.02. The van der Waals surface area contributed by atoms with Crippen molar-refractivity contribution in [3.63, 3.8) is 0 Å². The van der Waals surface area contributed by atoms with Crippen molar-refractivity contribution < 1.29 is 0 Å². The maximum absolute atomic E-state index is 3.83. The smallest absolute Gasteiger partial charge is 0.0567 e. The molecular weight excluding hydrogens is 592 g/mol. The minimum atomic E-state index is 1.02. The van der Waals surface area contributed by atoms with E-state index in [0.29, 0.717) is 0 Å². The Hall–Kier alpha value is -6.80. The van der Waals surface area contributed by atoms with Gasteiger partial charge in [0.2, 0.25) is 0 Å². The van der Waals surface area contributed by atoms with Crippen LogP contribution in [0.4, 0.5) is 0 Å². The fraction of sp³-hybridized carbons (Fsp3) is 0. The van der Waals surface area contributed by atoms with Crippen molar-refractivity contribution in [2.75, 3.05) is 0 Å². The fourth-order valence-corrected chi connectivity index (χ4v) is 7.40. The number of hydrogen-bond donors (Lipinski definition) is 8. The molecule has 0 unspecified atom stereocenters. The van der Waals surface area contributed by atoms with Crippen LogP contribution in [-0.4, -0.2) is 39.9 Å². The van der Waals surface area contributed by atoms with Gasteiger partial charge in [0.1, 0.15) is 0 Å². The number of rotatable bonds is 0. The topological polar surface area (TPSA) is 126 Å². The van der Waals surface area contributed by atoms with Gasteiger partial charge in [-0.05, 0) is 121 Å². The van der Waals surface area contributed by atoms with Crippen molar-refractivity contribution in [3.8, 4) is 0 Å². The Balaban J connectivity index is 1.38. The molecule has 10 aromatic heterocycles. The SMILES string of the molecule is c1cc2cc3ccc([nH]3)c3c4cc5cc6ccc(cc7ccc(cc8ccc([nH]8)c(c8cc(cc9ccc(cc1[nH]2)[nH]9)[nH]c83)c4[nH]5)[nH]7)[nH]6. The second-order valence-corrected chi connectivity index (χ2v) is 12.8. The molecule has 10 heterocycles. The first-order chi connectivity index (χ1) is 23.6. The molecule has 0 atom stereocenters. The molecule has 1 aromatic carbocycles. The molecule has 8 nitrogen and oxygen atoms in total. The molecule has 228 valence electrons. The van der Waals surface area contributed by atoms with E-state index >= 15 is 0 Å². The van der Waals surface area contributed by atoms with Crippen molar-refractivity contribution >= 4 is 110 Å². The average molecular weight is 621 g/mol. The summed E-state index contributed by atoms with van der Waals surface area (Å²) in [7, 11) is 0. The van der Waals surface area contributed by atoms with Crippen LogP contribution in [0.2, 0.25) is 0 Å². The Morgan fingerprint density at radius 3 is 0.833 bits per heavy atom. The highest BCUT2D eigenvalue weighted by Crippen LogP contribution is 2.39. The molecule has 0 aliphatic rings. The lowest BCUT2D eigenvalue weighted by Crippen LogP contribution is -1.81. The van der Waals surface area contributed by atoms with Gasteiger partial charge in [0, 0.05) is 98.8 Å². The molecule has 0 spiro atoms. The molecule has 0 aliphatic carbocycles. The van der Waals surface area contributed by atoms with Crippen molar-refractivity contribution in [3.05, 3.63) is 121 Å². The van der Waals surface area contributed by atoms with E-state index < -0.39 is 0 Å². The van der Waals surface area contributed by atoms with E-state index in [9.17, 15) is 0 Å². The third-order valence-electron chi connectivity index (χ3n) is 9.46. The average Bonchev–Trinajstić information content (AvgIpc) is 3.90. The second-order valence-electron chi connectivity index (χ2n) is 12.8. The van der Waals surface area contributed by atoms with Crippen molar-refractivity contribution in [2.45, 2.75) is 0 Å². The maximum Gasteiger partial charge on any atom is 0.0567 e. The molecule has 8 N–H and O–H groups in total. The predicted molar refractivity (Wildman–Crippen MR) is 200 cm³/mol. The number of H-pyrrole nitrogens is 8. The van der Waals surface area contributed by atoms with E-state index in [1.807, 2.05) is 0 Å². The van der Waals surface area contributed by atoms with Gasteiger partial charge < -0.3 is 39.9 Å². The Bertz CT molecular complexity index is 3030. The molecule has 8 heteroatoms. The molecule has 16 bridgehead atoms. The van der Waals surface area contributed by atoms with Crippen molar-refractivity contribution in [1.82, 2.24) is 39.9 Å². The maximum atomic E-state index is 3.83. The van der Waals surface area contributed by atoms with Crippen LogP contribution in [0.15, 0.2) is 121 Å². The lowest BCUT2D eigenvalue weighted by Gasteiger charge is -2.03. The van der Waals surface area contributed by atoms with E-state index in [1.165, 1.54) is 0 Å². The van der Waals surface area contributed by atoms with Crippen LogP contribution < -0.4 is 0 Å². The fourth-order valence-electron chi connectivity index (χ4n) is 7.40. The number of fused-ring (bicyclic) bond motifs is 18. The summed E-state index contributed by atoms with van der Waals surface area (Å²) in [4.78, 5) is 29.3. The molecule has 0 amide bonds. The highest BCUT2D eigenvalue weighted by atomic mass is 14.8. The zero-order chi connectivity index (χ0) is 31.3. The minimum Gasteiger partial charge on any atom is -0.355 e. The molecule has 0 saturated carbocycles. The number of nitrogens with one attached hydrogen (secondary N) is 8. The first kappa shape index (κ1) is 25.4. The molecular formula is C40H28N8. The Labute approximate surface area is 270 Å². The van der Waals surface area contributed by atoms with Crippen LogP contribution in [0, 0.1) is 0 Å². The van der Waals surface area contributed by atoms with E-state index in [4.69, 9.17) is 0 Å². The summed E-state index contributed by atoms with van der Waals surface area (Å²) in [5.74, 6) is 0. The number of benzene rings is 1. The van der Waals surface area contributed by atoms with Gasteiger partial charge in [0.25, 0.3) is 0 Å². The first-order valence-electron chi connectivity index (χ1n) is 16.1. The van der Waals surface area contributed by atoms with Crippen LogP contribution >= 0.6 is 0 Å². The van der Waals surface area contributed by atoms with Crippen LogP contribution in [0.3, 0.4) is 0 Å². The van der Waals surface area contributed by atoms with Gasteiger partial charge in [-0.2, -0.15) is 0 Å². The van der Waals surface area contributed by atoms with Crippen LogP contribution in [0.25, 0.3) is 110 Å². The van der Waals surface area contributed by atoms with Gasteiger partial charge in [0.05, 0.1) is 11.0 Å². The summed E-state index contributed by atoms with van der Waals surface area (Å²) in [6.45, 7) is 0. The van der Waals surface area contributed by atoms with E-state index in [-0.39, 0.29) is 0 Å². The van der Waals surface area contributed by atoms with Gasteiger partial charge in [-0.1, -0.05) is 0 Å². The number of aromatic amines is 8. The van der Waals surface area contributed by atoms with Gasteiger partial charge in [-0.3, -0.25) is 0 Å². The van der Waals surface area contributed by atoms with Crippen LogP contribution in [0.1, 0.15) is 0 Å². The Morgan fingerprint density at radius 2 is 0.500 bits per heavy atom.